The summed E-state index contributed by atoms with van der Waals surface area (Å²) in [5.74, 6) is -1.08. The second-order valence-corrected chi connectivity index (χ2v) is 5.74. The number of esters is 1. The molecule has 2 aromatic carbocycles. The average Bonchev–Trinajstić information content (AvgIpc) is 3.02. The van der Waals surface area contributed by atoms with Crippen molar-refractivity contribution in [2.24, 2.45) is 0 Å². The molecule has 0 spiro atoms. The molecular formula is C20H19NO5. The van der Waals surface area contributed by atoms with E-state index in [-0.39, 0.29) is 12.4 Å². The van der Waals surface area contributed by atoms with E-state index in [1.54, 1.807) is 30.3 Å². The lowest BCUT2D eigenvalue weighted by Gasteiger charge is -2.13. The molecule has 0 aliphatic heterocycles. The van der Waals surface area contributed by atoms with Crippen molar-refractivity contribution >= 4 is 28.5 Å². The van der Waals surface area contributed by atoms with Crippen molar-refractivity contribution in [3.05, 3.63) is 65.9 Å². The molecular weight excluding hydrogens is 334 g/mol. The number of anilines is 1. The first-order valence-electron chi connectivity index (χ1n) is 8.16. The Morgan fingerprint density at radius 1 is 1.08 bits per heavy atom. The number of benzene rings is 2. The van der Waals surface area contributed by atoms with Crippen molar-refractivity contribution in [3.63, 3.8) is 0 Å². The molecule has 0 unspecified atom stereocenters. The summed E-state index contributed by atoms with van der Waals surface area (Å²) in [6, 6.07) is 16.2. The van der Waals surface area contributed by atoms with Crippen LogP contribution in [-0.2, 0) is 20.9 Å². The number of rotatable bonds is 6. The molecule has 3 rings (SSSR count). The van der Waals surface area contributed by atoms with Crippen LogP contribution in [0, 0.1) is 0 Å². The number of hydrogen-bond acceptors (Lipinski definition) is 5. The zero-order valence-electron chi connectivity index (χ0n) is 14.5. The molecule has 1 amide bonds. The van der Waals surface area contributed by atoms with Gasteiger partial charge in [-0.05, 0) is 25.1 Å². The van der Waals surface area contributed by atoms with Crippen LogP contribution in [0.1, 0.15) is 23.0 Å². The van der Waals surface area contributed by atoms with E-state index in [0.29, 0.717) is 16.8 Å². The van der Waals surface area contributed by atoms with E-state index in [1.165, 1.54) is 14.0 Å². The van der Waals surface area contributed by atoms with Crippen LogP contribution in [0.3, 0.4) is 0 Å². The lowest BCUT2D eigenvalue weighted by molar-refractivity contribution is -0.123. The van der Waals surface area contributed by atoms with Crippen LogP contribution in [-0.4, -0.2) is 25.1 Å². The summed E-state index contributed by atoms with van der Waals surface area (Å²) in [7, 11) is 1.53. The maximum absolute atomic E-state index is 12.5. The Morgan fingerprint density at radius 3 is 2.50 bits per heavy atom. The number of carbonyl (C=O) groups excluding carboxylic acids is 2. The van der Waals surface area contributed by atoms with Crippen LogP contribution >= 0.6 is 0 Å². The van der Waals surface area contributed by atoms with Crippen molar-refractivity contribution in [2.45, 2.75) is 19.6 Å². The van der Waals surface area contributed by atoms with Crippen LogP contribution in [0.4, 0.5) is 5.69 Å². The molecule has 26 heavy (non-hydrogen) atoms. The highest BCUT2D eigenvalue weighted by Gasteiger charge is 2.25. The molecule has 6 nitrogen and oxygen atoms in total. The van der Waals surface area contributed by atoms with Crippen molar-refractivity contribution < 1.29 is 23.5 Å². The number of nitrogens with one attached hydrogen (secondary N) is 1. The molecule has 0 saturated carbocycles. The maximum Gasteiger partial charge on any atom is 0.375 e. The number of furan rings is 1. The lowest BCUT2D eigenvalue weighted by atomic mass is 10.1. The van der Waals surface area contributed by atoms with E-state index in [4.69, 9.17) is 13.9 Å². The number of carbonyl (C=O) groups is 2. The maximum atomic E-state index is 12.5. The van der Waals surface area contributed by atoms with Crippen LogP contribution in [0.5, 0.6) is 0 Å². The van der Waals surface area contributed by atoms with E-state index >= 15 is 0 Å². The molecule has 1 N–H and O–H groups in total. The van der Waals surface area contributed by atoms with E-state index in [0.717, 1.165) is 5.39 Å². The first kappa shape index (κ1) is 17.7. The van der Waals surface area contributed by atoms with E-state index < -0.39 is 18.0 Å². The zero-order valence-corrected chi connectivity index (χ0v) is 14.5. The summed E-state index contributed by atoms with van der Waals surface area (Å²) in [6.07, 6.45) is -0.980. The van der Waals surface area contributed by atoms with Crippen molar-refractivity contribution in [1.82, 2.24) is 0 Å². The number of hydrogen-bond donors (Lipinski definition) is 1. The number of para-hydroxylation sites is 2. The molecule has 0 aliphatic carbocycles. The van der Waals surface area contributed by atoms with Crippen molar-refractivity contribution in [2.75, 3.05) is 12.4 Å². The van der Waals surface area contributed by atoms with Crippen LogP contribution in [0.25, 0.3) is 11.0 Å². The summed E-state index contributed by atoms with van der Waals surface area (Å²) >= 11 is 0. The zero-order chi connectivity index (χ0) is 18.5. The summed E-state index contributed by atoms with van der Waals surface area (Å²) in [6.45, 7) is 1.71. The first-order chi connectivity index (χ1) is 12.6. The number of methoxy groups -OCH3 is 1. The third-order valence-electron chi connectivity index (χ3n) is 3.87. The van der Waals surface area contributed by atoms with Crippen LogP contribution < -0.4 is 5.32 Å². The van der Waals surface area contributed by atoms with Crippen LogP contribution in [0.15, 0.2) is 59.0 Å². The predicted octanol–water partition coefficient (Wildman–Crippen LogP) is 3.76. The van der Waals surface area contributed by atoms with Gasteiger partial charge in [0.1, 0.15) is 5.58 Å². The van der Waals surface area contributed by atoms with Gasteiger partial charge >= 0.3 is 5.97 Å². The number of ether oxygens (including phenoxy) is 2. The third-order valence-corrected chi connectivity index (χ3v) is 3.87. The Bertz CT molecular complexity index is 916. The Morgan fingerprint density at radius 2 is 1.77 bits per heavy atom. The third kappa shape index (κ3) is 3.75. The summed E-state index contributed by atoms with van der Waals surface area (Å²) in [5, 5.41) is 3.47. The van der Waals surface area contributed by atoms with Gasteiger partial charge in [0.15, 0.2) is 6.10 Å². The van der Waals surface area contributed by atoms with Crippen LogP contribution in [0.2, 0.25) is 0 Å². The fraction of sp³-hybridized carbons (Fsp3) is 0.200. The minimum atomic E-state index is -0.980. The quantitative estimate of drug-likeness (QED) is 0.683. The second kappa shape index (κ2) is 7.84. The van der Waals surface area contributed by atoms with Crippen molar-refractivity contribution in [3.8, 4) is 0 Å². The number of amides is 1. The molecule has 0 radical (unpaired) electrons. The molecule has 1 aromatic heterocycles. The molecule has 6 heteroatoms. The number of fused-ring (bicyclic) bond motifs is 1. The minimum Gasteiger partial charge on any atom is -0.449 e. The van der Waals surface area contributed by atoms with Gasteiger partial charge in [-0.2, -0.15) is 0 Å². The Hall–Kier alpha value is -3.12. The van der Waals surface area contributed by atoms with Gasteiger partial charge in [0.2, 0.25) is 5.76 Å². The normalized spacial score (nSPS) is 11.9. The monoisotopic (exact) mass is 353 g/mol. The fourth-order valence-electron chi connectivity index (χ4n) is 2.58. The smallest absolute Gasteiger partial charge is 0.375 e. The van der Waals surface area contributed by atoms with E-state index in [2.05, 4.69) is 5.32 Å². The fourth-order valence-corrected chi connectivity index (χ4v) is 2.58. The SMILES string of the molecule is COCc1c(C(=O)O[C@H](C)C(=O)Nc2ccccc2)oc2ccccc12. The highest BCUT2D eigenvalue weighted by Crippen LogP contribution is 2.27. The van der Waals surface area contributed by atoms with E-state index in [9.17, 15) is 9.59 Å². The molecule has 0 aliphatic rings. The van der Waals surface area contributed by atoms with Gasteiger partial charge in [-0.15, -0.1) is 0 Å². The average molecular weight is 353 g/mol. The summed E-state index contributed by atoms with van der Waals surface area (Å²) in [5.41, 5.74) is 1.79. The topological polar surface area (TPSA) is 77.8 Å². The minimum absolute atomic E-state index is 0.0485. The lowest BCUT2D eigenvalue weighted by Crippen LogP contribution is -2.30. The van der Waals surface area contributed by atoms with Gasteiger partial charge in [0.25, 0.3) is 5.91 Å². The molecule has 0 fully saturated rings. The van der Waals surface area contributed by atoms with Gasteiger partial charge < -0.3 is 19.2 Å². The van der Waals surface area contributed by atoms with Gasteiger partial charge in [-0.25, -0.2) is 4.79 Å². The molecule has 134 valence electrons. The second-order valence-electron chi connectivity index (χ2n) is 5.74. The highest BCUT2D eigenvalue weighted by atomic mass is 16.6. The molecule has 1 atom stereocenters. The predicted molar refractivity (Wildman–Crippen MR) is 96.9 cm³/mol. The molecule has 0 bridgehead atoms. The van der Waals surface area contributed by atoms with Gasteiger partial charge in [0, 0.05) is 23.7 Å². The highest BCUT2D eigenvalue weighted by molar-refractivity contribution is 5.99. The Kier molecular flexibility index (Phi) is 5.34. The molecule has 0 saturated heterocycles. The largest absolute Gasteiger partial charge is 0.449 e. The Balaban J connectivity index is 1.76. The Labute approximate surface area is 150 Å². The summed E-state index contributed by atoms with van der Waals surface area (Å²) in [4.78, 5) is 24.7. The van der Waals surface area contributed by atoms with Gasteiger partial charge in [0.05, 0.1) is 6.61 Å². The molecule has 3 aromatic rings. The molecule has 1 heterocycles. The first-order valence-corrected chi connectivity index (χ1v) is 8.16. The standard InChI is InChI=1S/C20H19NO5/c1-13(19(22)21-14-8-4-3-5-9-14)25-20(23)18-16(12-24-2)15-10-6-7-11-17(15)26-18/h3-11,13H,12H2,1-2H3,(H,21,22)/t13-/m1/s1. The van der Waals surface area contributed by atoms with E-state index in [1.807, 2.05) is 24.3 Å². The van der Waals surface area contributed by atoms with Crippen molar-refractivity contribution in [1.29, 1.82) is 0 Å². The van der Waals surface area contributed by atoms with Gasteiger partial charge in [-0.3, -0.25) is 4.79 Å². The summed E-state index contributed by atoms with van der Waals surface area (Å²) < 4.78 is 16.1. The van der Waals surface area contributed by atoms with Gasteiger partial charge in [-0.1, -0.05) is 36.4 Å².